The van der Waals surface area contributed by atoms with Crippen LogP contribution in [0.25, 0.3) is 0 Å². The molecule has 4 heteroatoms. The molecule has 0 saturated carbocycles. The topological polar surface area (TPSA) is 39.4 Å². The van der Waals surface area contributed by atoms with Crippen molar-refractivity contribution in [1.29, 1.82) is 0 Å². The van der Waals surface area contributed by atoms with Crippen molar-refractivity contribution in [2.45, 2.75) is 64.6 Å². The molecular formula is C16H28O3Si. The second kappa shape index (κ2) is 7.23. The van der Waals surface area contributed by atoms with Gasteiger partial charge in [-0.15, -0.1) is 0 Å². The van der Waals surface area contributed by atoms with Crippen molar-refractivity contribution in [3.63, 3.8) is 0 Å². The second-order valence-corrected chi connectivity index (χ2v) is 11.8. The number of hydrogen-bond acceptors (Lipinski definition) is 3. The Bertz CT molecular complexity index is 386. The van der Waals surface area contributed by atoms with Crippen molar-refractivity contribution in [2.24, 2.45) is 0 Å². The first kappa shape index (κ1) is 17.2. The highest BCUT2D eigenvalue weighted by molar-refractivity contribution is 6.77. The van der Waals surface area contributed by atoms with Gasteiger partial charge in [0.2, 0.25) is 0 Å². The third kappa shape index (κ3) is 3.61. The summed E-state index contributed by atoms with van der Waals surface area (Å²) < 4.78 is 11.5. The maximum absolute atomic E-state index is 11.9. The smallest absolute Gasteiger partial charge is 0.200 e. The van der Waals surface area contributed by atoms with Crippen LogP contribution < -0.4 is 0 Å². The molecule has 0 bridgehead atoms. The van der Waals surface area contributed by atoms with Gasteiger partial charge in [-0.2, -0.15) is 0 Å². The standard InChI is InChI=1S/C16H28O3Si/c1-12(2)20(13(3)4,14(5)6)19-11-9-15(17)16-8-7-10-18-16/h7-8,10,12-14H,9,11H2,1-6H3. The number of hydrogen-bond donors (Lipinski definition) is 0. The van der Waals surface area contributed by atoms with Crippen LogP contribution in [0.2, 0.25) is 16.6 Å². The number of Topliss-reactive ketones (excluding diaryl/α,β-unsaturated/α-hetero) is 1. The molecule has 1 aromatic rings. The molecule has 0 saturated heterocycles. The summed E-state index contributed by atoms with van der Waals surface area (Å²) in [6.07, 6.45) is 1.93. The van der Waals surface area contributed by atoms with Gasteiger partial charge in [0.1, 0.15) is 0 Å². The van der Waals surface area contributed by atoms with Crippen LogP contribution in [0.5, 0.6) is 0 Å². The zero-order valence-corrected chi connectivity index (χ0v) is 14.6. The molecule has 0 aliphatic heterocycles. The molecule has 0 atom stereocenters. The van der Waals surface area contributed by atoms with Gasteiger partial charge in [-0.25, -0.2) is 0 Å². The van der Waals surface area contributed by atoms with E-state index in [1.165, 1.54) is 6.26 Å². The third-order valence-electron chi connectivity index (χ3n) is 4.18. The Hall–Kier alpha value is -0.873. The Morgan fingerprint density at radius 3 is 2.10 bits per heavy atom. The minimum Gasteiger partial charge on any atom is -0.461 e. The van der Waals surface area contributed by atoms with Crippen molar-refractivity contribution >= 4 is 14.1 Å². The number of carbonyl (C=O) groups is 1. The van der Waals surface area contributed by atoms with Crippen molar-refractivity contribution in [3.8, 4) is 0 Å². The second-order valence-electron chi connectivity index (χ2n) is 6.32. The molecule has 0 N–H and O–H groups in total. The molecule has 0 unspecified atom stereocenters. The summed E-state index contributed by atoms with van der Waals surface area (Å²) in [5.41, 5.74) is 1.63. The predicted octanol–water partition coefficient (Wildman–Crippen LogP) is 5.04. The molecule has 114 valence electrons. The molecule has 0 aromatic carbocycles. The molecular weight excluding hydrogens is 268 g/mol. The van der Waals surface area contributed by atoms with E-state index >= 15 is 0 Å². The molecule has 1 aromatic heterocycles. The van der Waals surface area contributed by atoms with E-state index in [9.17, 15) is 4.79 Å². The average Bonchev–Trinajstić information content (AvgIpc) is 2.86. The Morgan fingerprint density at radius 1 is 1.15 bits per heavy atom. The van der Waals surface area contributed by atoms with Crippen LogP contribution >= 0.6 is 0 Å². The maximum Gasteiger partial charge on any atom is 0.200 e. The van der Waals surface area contributed by atoms with Gasteiger partial charge >= 0.3 is 0 Å². The summed E-state index contributed by atoms with van der Waals surface area (Å²) in [4.78, 5) is 11.9. The number of carbonyl (C=O) groups excluding carboxylic acids is 1. The quantitative estimate of drug-likeness (QED) is 0.498. The van der Waals surface area contributed by atoms with Gasteiger partial charge in [-0.05, 0) is 28.8 Å². The van der Waals surface area contributed by atoms with Crippen LogP contribution in [0, 0.1) is 0 Å². The lowest BCUT2D eigenvalue weighted by atomic mass is 10.2. The van der Waals surface area contributed by atoms with E-state index in [2.05, 4.69) is 41.5 Å². The molecule has 0 aliphatic carbocycles. The van der Waals surface area contributed by atoms with E-state index < -0.39 is 8.32 Å². The van der Waals surface area contributed by atoms with Gasteiger partial charge < -0.3 is 8.84 Å². The normalized spacial score (nSPS) is 12.7. The Kier molecular flexibility index (Phi) is 6.21. The van der Waals surface area contributed by atoms with E-state index in [1.54, 1.807) is 12.1 Å². The first-order valence-electron chi connectivity index (χ1n) is 7.53. The van der Waals surface area contributed by atoms with E-state index in [0.29, 0.717) is 35.4 Å². The van der Waals surface area contributed by atoms with Gasteiger partial charge in [0, 0.05) is 13.0 Å². The monoisotopic (exact) mass is 296 g/mol. The van der Waals surface area contributed by atoms with Crippen molar-refractivity contribution in [2.75, 3.05) is 6.61 Å². The minimum absolute atomic E-state index is 0.0224. The minimum atomic E-state index is -1.86. The van der Waals surface area contributed by atoms with Gasteiger partial charge in [-0.3, -0.25) is 4.79 Å². The van der Waals surface area contributed by atoms with Crippen LogP contribution in [0.3, 0.4) is 0 Å². The summed E-state index contributed by atoms with van der Waals surface area (Å²) >= 11 is 0. The van der Waals surface area contributed by atoms with Crippen LogP contribution in [0.4, 0.5) is 0 Å². The molecule has 1 rings (SSSR count). The Labute approximate surface area is 123 Å². The van der Waals surface area contributed by atoms with Crippen LogP contribution in [0.1, 0.15) is 58.5 Å². The predicted molar refractivity (Wildman–Crippen MR) is 84.7 cm³/mol. The summed E-state index contributed by atoms with van der Waals surface area (Å²) in [5.74, 6) is 0.452. The van der Waals surface area contributed by atoms with Crippen LogP contribution in [0.15, 0.2) is 22.8 Å². The van der Waals surface area contributed by atoms with Crippen LogP contribution in [-0.2, 0) is 4.43 Å². The van der Waals surface area contributed by atoms with E-state index in [1.807, 2.05) is 0 Å². The first-order valence-corrected chi connectivity index (χ1v) is 9.67. The van der Waals surface area contributed by atoms with Crippen molar-refractivity contribution < 1.29 is 13.6 Å². The molecule has 20 heavy (non-hydrogen) atoms. The molecule has 1 heterocycles. The highest BCUT2D eigenvalue weighted by Crippen LogP contribution is 2.42. The molecule has 0 amide bonds. The molecule has 0 radical (unpaired) electrons. The fourth-order valence-electron chi connectivity index (χ4n) is 3.38. The lowest BCUT2D eigenvalue weighted by Gasteiger charge is -2.42. The lowest BCUT2D eigenvalue weighted by molar-refractivity contribution is 0.0930. The summed E-state index contributed by atoms with van der Waals surface area (Å²) in [6.45, 7) is 14.0. The zero-order chi connectivity index (χ0) is 15.3. The fraction of sp³-hybridized carbons (Fsp3) is 0.688. The number of ketones is 1. The van der Waals surface area contributed by atoms with E-state index in [0.717, 1.165) is 0 Å². The highest BCUT2D eigenvalue weighted by atomic mass is 28.4. The van der Waals surface area contributed by atoms with Gasteiger partial charge in [-0.1, -0.05) is 41.5 Å². The largest absolute Gasteiger partial charge is 0.461 e. The summed E-state index contributed by atoms with van der Waals surface area (Å²) in [5, 5.41) is 0. The first-order chi connectivity index (χ1) is 9.32. The fourth-order valence-corrected chi connectivity index (χ4v) is 8.84. The number of furan rings is 1. The zero-order valence-electron chi connectivity index (χ0n) is 13.6. The van der Waals surface area contributed by atoms with Crippen molar-refractivity contribution in [1.82, 2.24) is 0 Å². The molecule has 3 nitrogen and oxygen atoms in total. The van der Waals surface area contributed by atoms with Crippen LogP contribution in [-0.4, -0.2) is 20.7 Å². The highest BCUT2D eigenvalue weighted by Gasteiger charge is 2.44. The molecule has 0 spiro atoms. The summed E-state index contributed by atoms with van der Waals surface area (Å²) in [6, 6.07) is 3.45. The number of rotatable bonds is 8. The van der Waals surface area contributed by atoms with Gasteiger partial charge in [0.25, 0.3) is 0 Å². The van der Waals surface area contributed by atoms with Gasteiger partial charge in [0.15, 0.2) is 19.9 Å². The van der Waals surface area contributed by atoms with Crippen molar-refractivity contribution in [3.05, 3.63) is 24.2 Å². The van der Waals surface area contributed by atoms with E-state index in [-0.39, 0.29) is 5.78 Å². The lowest BCUT2D eigenvalue weighted by Crippen LogP contribution is -2.48. The third-order valence-corrected chi connectivity index (χ3v) is 10.3. The SMILES string of the molecule is CC(C)[Si](OCCC(=O)c1ccco1)(C(C)C)C(C)C. The molecule has 0 aliphatic rings. The Balaban J connectivity index is 2.66. The molecule has 0 fully saturated rings. The summed E-state index contributed by atoms with van der Waals surface area (Å²) in [7, 11) is -1.86. The van der Waals surface area contributed by atoms with Gasteiger partial charge in [0.05, 0.1) is 6.26 Å². The maximum atomic E-state index is 11.9. The average molecular weight is 296 g/mol. The van der Waals surface area contributed by atoms with E-state index in [4.69, 9.17) is 8.84 Å². The Morgan fingerprint density at radius 2 is 1.70 bits per heavy atom.